The zero-order valence-electron chi connectivity index (χ0n) is 11.7. The molecule has 1 aromatic carbocycles. The molecule has 1 unspecified atom stereocenters. The number of nitrogens with zero attached hydrogens (tertiary/aromatic N) is 1. The molecular formula is C15H22N2OS. The third-order valence-electron chi connectivity index (χ3n) is 3.58. The molecular weight excluding hydrogens is 256 g/mol. The van der Waals surface area contributed by atoms with E-state index in [-0.39, 0.29) is 5.91 Å². The molecule has 4 heteroatoms. The van der Waals surface area contributed by atoms with E-state index in [4.69, 9.17) is 0 Å². The molecule has 1 atom stereocenters. The lowest BCUT2D eigenvalue weighted by Gasteiger charge is -2.23. The molecule has 0 aliphatic carbocycles. The van der Waals surface area contributed by atoms with Crippen LogP contribution in [0, 0.1) is 0 Å². The van der Waals surface area contributed by atoms with E-state index in [1.165, 1.54) is 5.56 Å². The zero-order valence-corrected chi connectivity index (χ0v) is 12.5. The van der Waals surface area contributed by atoms with Crippen LogP contribution in [0.15, 0.2) is 24.3 Å². The molecule has 1 fully saturated rings. The monoisotopic (exact) mass is 278 g/mol. The minimum absolute atomic E-state index is 0.128. The van der Waals surface area contributed by atoms with E-state index in [0.29, 0.717) is 6.04 Å². The highest BCUT2D eigenvalue weighted by Gasteiger charge is 2.23. The van der Waals surface area contributed by atoms with Gasteiger partial charge in [-0.2, -0.15) is 11.8 Å². The first-order valence-electron chi connectivity index (χ1n) is 6.87. The van der Waals surface area contributed by atoms with Gasteiger partial charge < -0.3 is 10.2 Å². The van der Waals surface area contributed by atoms with Crippen molar-refractivity contribution < 1.29 is 4.79 Å². The number of likely N-dealkylation sites (N-methyl/N-ethyl adjacent to an activating group) is 1. The minimum Gasteiger partial charge on any atom is -0.337 e. The van der Waals surface area contributed by atoms with Crippen molar-refractivity contribution in [3.8, 4) is 0 Å². The molecule has 1 aromatic rings. The fourth-order valence-corrected chi connectivity index (χ4v) is 2.94. The van der Waals surface area contributed by atoms with Crippen molar-refractivity contribution in [1.82, 2.24) is 10.2 Å². The maximum atomic E-state index is 12.3. The fourth-order valence-electron chi connectivity index (χ4n) is 2.30. The van der Waals surface area contributed by atoms with Gasteiger partial charge in [-0.05, 0) is 36.4 Å². The Morgan fingerprint density at radius 1 is 1.42 bits per heavy atom. The van der Waals surface area contributed by atoms with Gasteiger partial charge in [0.1, 0.15) is 0 Å². The van der Waals surface area contributed by atoms with Crippen molar-refractivity contribution in [2.45, 2.75) is 25.1 Å². The van der Waals surface area contributed by atoms with Gasteiger partial charge in [0.2, 0.25) is 0 Å². The summed E-state index contributed by atoms with van der Waals surface area (Å²) < 4.78 is 0. The van der Waals surface area contributed by atoms with Crippen LogP contribution in [-0.4, -0.2) is 42.7 Å². The SMILES string of the molecule is CCSCc1ccc(C(=O)N(C)C2CCNC2)cc1. The number of carbonyl (C=O) groups is 1. The lowest BCUT2D eigenvalue weighted by atomic mass is 10.1. The van der Waals surface area contributed by atoms with Crippen molar-refractivity contribution in [1.29, 1.82) is 0 Å². The molecule has 19 heavy (non-hydrogen) atoms. The molecule has 1 aliphatic rings. The van der Waals surface area contributed by atoms with Gasteiger partial charge in [0, 0.05) is 31.0 Å². The van der Waals surface area contributed by atoms with Crippen molar-refractivity contribution in [2.24, 2.45) is 0 Å². The summed E-state index contributed by atoms with van der Waals surface area (Å²) in [5.41, 5.74) is 2.08. The number of rotatable bonds is 5. The van der Waals surface area contributed by atoms with E-state index in [9.17, 15) is 4.79 Å². The molecule has 0 saturated carbocycles. The Morgan fingerprint density at radius 3 is 2.74 bits per heavy atom. The maximum absolute atomic E-state index is 12.3. The summed E-state index contributed by atoms with van der Waals surface area (Å²) in [6.07, 6.45) is 1.05. The Hall–Kier alpha value is -1.00. The van der Waals surface area contributed by atoms with E-state index in [0.717, 1.165) is 36.6 Å². The molecule has 1 amide bonds. The standard InChI is InChI=1S/C15H22N2OS/c1-3-19-11-12-4-6-13(7-5-12)15(18)17(2)14-8-9-16-10-14/h4-7,14,16H,3,8-11H2,1-2H3. The second-order valence-corrected chi connectivity index (χ2v) is 6.17. The van der Waals surface area contributed by atoms with Crippen molar-refractivity contribution >= 4 is 17.7 Å². The highest BCUT2D eigenvalue weighted by atomic mass is 32.2. The molecule has 0 bridgehead atoms. The molecule has 1 heterocycles. The summed E-state index contributed by atoms with van der Waals surface area (Å²) in [5, 5.41) is 3.30. The van der Waals surface area contributed by atoms with Crippen LogP contribution in [0.4, 0.5) is 0 Å². The van der Waals surface area contributed by atoms with E-state index in [2.05, 4.69) is 24.4 Å². The molecule has 1 saturated heterocycles. The van der Waals surface area contributed by atoms with Crippen LogP contribution < -0.4 is 5.32 Å². The maximum Gasteiger partial charge on any atom is 0.253 e. The van der Waals surface area contributed by atoms with Crippen molar-refractivity contribution in [3.05, 3.63) is 35.4 Å². The first-order chi connectivity index (χ1) is 9.22. The van der Waals surface area contributed by atoms with Crippen LogP contribution in [0.25, 0.3) is 0 Å². The second-order valence-electron chi connectivity index (χ2n) is 4.90. The van der Waals surface area contributed by atoms with Crippen LogP contribution >= 0.6 is 11.8 Å². The van der Waals surface area contributed by atoms with Crippen LogP contribution in [0.2, 0.25) is 0 Å². The molecule has 2 rings (SSSR count). The smallest absolute Gasteiger partial charge is 0.253 e. The Bertz CT molecular complexity index is 413. The molecule has 3 nitrogen and oxygen atoms in total. The molecule has 0 aromatic heterocycles. The van der Waals surface area contributed by atoms with Gasteiger partial charge in [0.05, 0.1) is 0 Å². The van der Waals surface area contributed by atoms with Crippen molar-refractivity contribution in [2.75, 3.05) is 25.9 Å². The van der Waals surface area contributed by atoms with E-state index in [1.807, 2.05) is 35.8 Å². The van der Waals surface area contributed by atoms with E-state index < -0.39 is 0 Å². The normalized spacial score (nSPS) is 18.5. The summed E-state index contributed by atoms with van der Waals surface area (Å²) >= 11 is 1.90. The third-order valence-corrected chi connectivity index (χ3v) is 4.52. The third kappa shape index (κ3) is 3.74. The summed E-state index contributed by atoms with van der Waals surface area (Å²) in [7, 11) is 1.90. The predicted molar refractivity (Wildman–Crippen MR) is 81.6 cm³/mol. The lowest BCUT2D eigenvalue weighted by molar-refractivity contribution is 0.0744. The van der Waals surface area contributed by atoms with Crippen LogP contribution in [0.3, 0.4) is 0 Å². The first kappa shape index (κ1) is 14.4. The second kappa shape index (κ2) is 6.96. The van der Waals surface area contributed by atoms with Gasteiger partial charge in [-0.25, -0.2) is 0 Å². The van der Waals surface area contributed by atoms with Crippen LogP contribution in [-0.2, 0) is 5.75 Å². The Labute approximate surface area is 119 Å². The Kier molecular flexibility index (Phi) is 5.28. The first-order valence-corrected chi connectivity index (χ1v) is 8.02. The van der Waals surface area contributed by atoms with Gasteiger partial charge >= 0.3 is 0 Å². The number of hydrogen-bond donors (Lipinski definition) is 1. The summed E-state index contributed by atoms with van der Waals surface area (Å²) in [4.78, 5) is 14.2. The number of nitrogens with one attached hydrogen (secondary N) is 1. The van der Waals surface area contributed by atoms with Gasteiger partial charge in [-0.3, -0.25) is 4.79 Å². The highest BCUT2D eigenvalue weighted by molar-refractivity contribution is 7.98. The highest BCUT2D eigenvalue weighted by Crippen LogP contribution is 2.15. The number of hydrogen-bond acceptors (Lipinski definition) is 3. The van der Waals surface area contributed by atoms with Gasteiger partial charge in [0.15, 0.2) is 0 Å². The number of benzene rings is 1. The predicted octanol–water partition coefficient (Wildman–Crippen LogP) is 2.37. The average Bonchev–Trinajstić information content (AvgIpc) is 2.98. The number of thioether (sulfide) groups is 1. The molecule has 0 spiro atoms. The van der Waals surface area contributed by atoms with Gasteiger partial charge in [0.25, 0.3) is 5.91 Å². The Morgan fingerprint density at radius 2 is 2.16 bits per heavy atom. The Balaban J connectivity index is 1.98. The average molecular weight is 278 g/mol. The molecule has 1 N–H and O–H groups in total. The summed E-state index contributed by atoms with van der Waals surface area (Å²) in [6, 6.07) is 8.37. The van der Waals surface area contributed by atoms with Crippen molar-refractivity contribution in [3.63, 3.8) is 0 Å². The topological polar surface area (TPSA) is 32.3 Å². The minimum atomic E-state index is 0.128. The summed E-state index contributed by atoms with van der Waals surface area (Å²) in [6.45, 7) is 4.08. The van der Waals surface area contributed by atoms with E-state index >= 15 is 0 Å². The largest absolute Gasteiger partial charge is 0.337 e. The van der Waals surface area contributed by atoms with E-state index in [1.54, 1.807) is 0 Å². The van der Waals surface area contributed by atoms with Crippen LogP contribution in [0.1, 0.15) is 29.3 Å². The molecule has 104 valence electrons. The molecule has 0 radical (unpaired) electrons. The van der Waals surface area contributed by atoms with Gasteiger partial charge in [-0.1, -0.05) is 19.1 Å². The molecule has 1 aliphatic heterocycles. The number of carbonyl (C=O) groups excluding carboxylic acids is 1. The zero-order chi connectivity index (χ0) is 13.7. The van der Waals surface area contributed by atoms with Gasteiger partial charge in [-0.15, -0.1) is 0 Å². The lowest BCUT2D eigenvalue weighted by Crippen LogP contribution is -2.38. The number of amides is 1. The fraction of sp³-hybridized carbons (Fsp3) is 0.533. The van der Waals surface area contributed by atoms with Crippen LogP contribution in [0.5, 0.6) is 0 Å². The summed E-state index contributed by atoms with van der Waals surface area (Å²) in [5.74, 6) is 2.27. The quantitative estimate of drug-likeness (QED) is 0.897.